The number of hydrogen-bond acceptors (Lipinski definition) is 1. The molecule has 1 nitrogen and oxygen atoms in total. The van der Waals surface area contributed by atoms with Gasteiger partial charge in [0.2, 0.25) is 0 Å². The Kier molecular flexibility index (Phi) is 6.48. The van der Waals surface area contributed by atoms with E-state index in [0.717, 1.165) is 50.7 Å². The average molecular weight is 330 g/mol. The summed E-state index contributed by atoms with van der Waals surface area (Å²) in [6, 6.07) is 2.25. The van der Waals surface area contributed by atoms with Gasteiger partial charge in [-0.3, -0.25) is 0 Å². The molecule has 128 valence electrons. The molecule has 5 heteroatoms. The lowest BCUT2D eigenvalue weighted by atomic mass is 9.78. The SMILES string of the molecule is CCCC=CC1CCC(c2cc(F)c(OC(F)F)c(F)c2)CC1. The largest absolute Gasteiger partial charge is 0.429 e. The van der Waals surface area contributed by atoms with Gasteiger partial charge in [0.15, 0.2) is 17.4 Å². The number of rotatable bonds is 6. The Hall–Kier alpha value is -1.52. The number of hydrogen-bond donors (Lipinski definition) is 0. The number of ether oxygens (including phenoxy) is 1. The van der Waals surface area contributed by atoms with E-state index in [-0.39, 0.29) is 5.92 Å². The van der Waals surface area contributed by atoms with Crippen LogP contribution in [0.4, 0.5) is 17.6 Å². The van der Waals surface area contributed by atoms with Crippen LogP contribution in [-0.4, -0.2) is 6.61 Å². The zero-order valence-corrected chi connectivity index (χ0v) is 13.2. The highest BCUT2D eigenvalue weighted by Crippen LogP contribution is 2.38. The molecular formula is C18H22F4O. The van der Waals surface area contributed by atoms with Crippen LogP contribution in [0.3, 0.4) is 0 Å². The quantitative estimate of drug-likeness (QED) is 0.446. The van der Waals surface area contributed by atoms with E-state index < -0.39 is 24.0 Å². The van der Waals surface area contributed by atoms with Crippen LogP contribution in [0.2, 0.25) is 0 Å². The third-order valence-electron chi connectivity index (χ3n) is 4.33. The molecule has 0 spiro atoms. The predicted molar refractivity (Wildman–Crippen MR) is 81.7 cm³/mol. The molecule has 1 aliphatic rings. The van der Waals surface area contributed by atoms with Gasteiger partial charge in [-0.05, 0) is 61.6 Å². The molecule has 0 radical (unpaired) electrons. The van der Waals surface area contributed by atoms with Gasteiger partial charge < -0.3 is 4.74 Å². The van der Waals surface area contributed by atoms with Crippen LogP contribution >= 0.6 is 0 Å². The van der Waals surface area contributed by atoms with Crippen LogP contribution < -0.4 is 4.74 Å². The summed E-state index contributed by atoms with van der Waals surface area (Å²) in [6.45, 7) is -1.11. The molecule has 0 bridgehead atoms. The number of unbranched alkanes of at least 4 members (excludes halogenated alkanes) is 1. The maximum atomic E-state index is 13.8. The summed E-state index contributed by atoms with van der Waals surface area (Å²) in [4.78, 5) is 0. The number of allylic oxidation sites excluding steroid dienone is 2. The summed E-state index contributed by atoms with van der Waals surface area (Å²) in [6.07, 6.45) is 10.3. The third-order valence-corrected chi connectivity index (χ3v) is 4.33. The van der Waals surface area contributed by atoms with E-state index in [4.69, 9.17) is 0 Å². The fourth-order valence-electron chi connectivity index (χ4n) is 3.12. The summed E-state index contributed by atoms with van der Waals surface area (Å²) in [5.41, 5.74) is 0.526. The highest BCUT2D eigenvalue weighted by Gasteiger charge is 2.24. The molecule has 0 unspecified atom stereocenters. The first-order valence-electron chi connectivity index (χ1n) is 8.11. The highest BCUT2D eigenvalue weighted by molar-refractivity contribution is 5.33. The van der Waals surface area contributed by atoms with Crippen LogP contribution in [0, 0.1) is 17.6 Å². The Morgan fingerprint density at radius 2 is 1.74 bits per heavy atom. The maximum Gasteiger partial charge on any atom is 0.387 e. The molecule has 0 heterocycles. The molecule has 0 aromatic heterocycles. The van der Waals surface area contributed by atoms with E-state index in [1.54, 1.807) is 0 Å². The topological polar surface area (TPSA) is 9.23 Å². The minimum atomic E-state index is -3.24. The van der Waals surface area contributed by atoms with Crippen LogP contribution in [0.1, 0.15) is 56.9 Å². The molecule has 1 aromatic carbocycles. The van der Waals surface area contributed by atoms with Crippen molar-refractivity contribution in [3.05, 3.63) is 41.5 Å². The Labute approximate surface area is 134 Å². The van der Waals surface area contributed by atoms with Crippen LogP contribution in [0.15, 0.2) is 24.3 Å². The van der Waals surface area contributed by atoms with Crippen molar-refractivity contribution >= 4 is 0 Å². The molecular weight excluding hydrogens is 308 g/mol. The predicted octanol–water partition coefficient (Wildman–Crippen LogP) is 6.20. The van der Waals surface area contributed by atoms with Gasteiger partial charge in [-0.1, -0.05) is 25.5 Å². The van der Waals surface area contributed by atoms with Crippen molar-refractivity contribution in [2.75, 3.05) is 0 Å². The van der Waals surface area contributed by atoms with Crippen molar-refractivity contribution in [3.63, 3.8) is 0 Å². The second-order valence-corrected chi connectivity index (χ2v) is 6.02. The molecule has 0 atom stereocenters. The van der Waals surface area contributed by atoms with Gasteiger partial charge >= 0.3 is 6.61 Å². The standard InChI is InChI=1S/C18H22F4O/c1-2-3-4-5-12-6-8-13(9-7-12)14-10-15(19)17(16(20)11-14)23-18(21)22/h4-5,10-13,18H,2-3,6-9H2,1H3. The van der Waals surface area contributed by atoms with E-state index >= 15 is 0 Å². The van der Waals surface area contributed by atoms with Crippen molar-refractivity contribution in [2.24, 2.45) is 5.92 Å². The summed E-state index contributed by atoms with van der Waals surface area (Å²) < 4.78 is 55.8. The first-order chi connectivity index (χ1) is 11.0. The molecule has 0 saturated heterocycles. The van der Waals surface area contributed by atoms with Crippen molar-refractivity contribution in [3.8, 4) is 5.75 Å². The van der Waals surface area contributed by atoms with Gasteiger partial charge in [0, 0.05) is 0 Å². The first-order valence-corrected chi connectivity index (χ1v) is 8.11. The van der Waals surface area contributed by atoms with Gasteiger partial charge in [-0.2, -0.15) is 8.78 Å². The average Bonchev–Trinajstić information content (AvgIpc) is 2.51. The summed E-state index contributed by atoms with van der Waals surface area (Å²) in [5.74, 6) is -2.54. The monoisotopic (exact) mass is 330 g/mol. The van der Waals surface area contributed by atoms with Gasteiger partial charge in [-0.15, -0.1) is 0 Å². The first kappa shape index (κ1) is 17.8. The van der Waals surface area contributed by atoms with Crippen molar-refractivity contribution in [1.82, 2.24) is 0 Å². The van der Waals surface area contributed by atoms with Crippen molar-refractivity contribution < 1.29 is 22.3 Å². The second-order valence-electron chi connectivity index (χ2n) is 6.02. The van der Waals surface area contributed by atoms with E-state index in [1.165, 1.54) is 0 Å². The summed E-state index contributed by atoms with van der Waals surface area (Å²) >= 11 is 0. The van der Waals surface area contributed by atoms with Crippen molar-refractivity contribution in [2.45, 2.75) is 58.0 Å². The summed E-state index contributed by atoms with van der Waals surface area (Å²) in [7, 11) is 0. The van der Waals surface area contributed by atoms with Crippen LogP contribution in [0.5, 0.6) is 5.75 Å². The molecule has 0 amide bonds. The zero-order valence-electron chi connectivity index (χ0n) is 13.2. The van der Waals surface area contributed by atoms with Gasteiger partial charge in [0.05, 0.1) is 0 Å². The van der Waals surface area contributed by atoms with E-state index in [0.29, 0.717) is 11.5 Å². The van der Waals surface area contributed by atoms with Gasteiger partial charge in [-0.25, -0.2) is 8.78 Å². The fraction of sp³-hybridized carbons (Fsp3) is 0.556. The lowest BCUT2D eigenvalue weighted by Gasteiger charge is -2.27. The zero-order chi connectivity index (χ0) is 16.8. The van der Waals surface area contributed by atoms with Crippen LogP contribution in [0.25, 0.3) is 0 Å². The smallest absolute Gasteiger partial charge is 0.387 e. The molecule has 1 aromatic rings. The third kappa shape index (κ3) is 4.98. The highest BCUT2D eigenvalue weighted by atomic mass is 19.3. The minimum absolute atomic E-state index is 0.0652. The fourth-order valence-corrected chi connectivity index (χ4v) is 3.12. The Balaban J connectivity index is 2.01. The molecule has 0 aliphatic heterocycles. The molecule has 1 saturated carbocycles. The molecule has 0 N–H and O–H groups in total. The second kappa shape index (κ2) is 8.37. The number of alkyl halides is 2. The molecule has 23 heavy (non-hydrogen) atoms. The van der Waals surface area contributed by atoms with E-state index in [1.807, 2.05) is 0 Å². The maximum absolute atomic E-state index is 13.8. The van der Waals surface area contributed by atoms with Crippen molar-refractivity contribution in [1.29, 1.82) is 0 Å². The number of benzene rings is 1. The lowest BCUT2D eigenvalue weighted by Crippen LogP contribution is -2.13. The molecule has 2 rings (SSSR count). The number of halogens is 4. The Bertz CT molecular complexity index is 511. The van der Waals surface area contributed by atoms with Gasteiger partial charge in [0.25, 0.3) is 0 Å². The van der Waals surface area contributed by atoms with E-state index in [9.17, 15) is 17.6 Å². The Morgan fingerprint density at radius 3 is 2.26 bits per heavy atom. The normalized spacial score (nSPS) is 22.0. The summed E-state index contributed by atoms with van der Waals surface area (Å²) in [5, 5.41) is 0. The van der Waals surface area contributed by atoms with E-state index in [2.05, 4.69) is 23.8 Å². The minimum Gasteiger partial charge on any atom is -0.429 e. The Morgan fingerprint density at radius 1 is 1.13 bits per heavy atom. The molecule has 1 aliphatic carbocycles. The lowest BCUT2D eigenvalue weighted by molar-refractivity contribution is -0.0546. The molecule has 1 fully saturated rings. The van der Waals surface area contributed by atoms with Crippen LogP contribution in [-0.2, 0) is 0 Å². The van der Waals surface area contributed by atoms with Gasteiger partial charge in [0.1, 0.15) is 0 Å².